The zero-order chi connectivity index (χ0) is 22.9. The van der Waals surface area contributed by atoms with Gasteiger partial charge in [-0.05, 0) is 26.8 Å². The van der Waals surface area contributed by atoms with Gasteiger partial charge in [-0.2, -0.15) is 13.2 Å². The molecule has 1 aromatic heterocycles. The van der Waals surface area contributed by atoms with Gasteiger partial charge < -0.3 is 10.1 Å². The molecule has 0 aromatic carbocycles. The van der Waals surface area contributed by atoms with Gasteiger partial charge in [0.15, 0.2) is 5.67 Å². The van der Waals surface area contributed by atoms with E-state index < -0.39 is 72.3 Å². The van der Waals surface area contributed by atoms with Crippen LogP contribution < -0.4 is 5.32 Å². The number of hydrogen-bond acceptors (Lipinski definition) is 4. The number of rotatable bonds is 3. The Balaban J connectivity index is 2.33. The van der Waals surface area contributed by atoms with Crippen LogP contribution in [0.4, 0.5) is 38.3 Å². The summed E-state index contributed by atoms with van der Waals surface area (Å²) in [6.45, 7) is 9.36. The molecule has 0 bridgehead atoms. The second kappa shape index (κ2) is 8.04. The number of ether oxygens (including phenoxy) is 1. The van der Waals surface area contributed by atoms with Crippen LogP contribution in [0.25, 0.3) is 4.85 Å². The number of anilines is 1. The number of likely N-dealkylation sites (tertiary alicyclic amines) is 1. The molecule has 1 aromatic rings. The SMILES string of the molecule is [C-]#[N+]c1ccc(C(F)(F)F)nc1NC(=O)C1C[C@](F)(CF)CN1C(=O)OC(C)(C)C. The molecular weight excluding hydrogens is 415 g/mol. The quantitative estimate of drug-likeness (QED) is 0.569. The second-order valence-electron chi connectivity index (χ2n) is 7.78. The van der Waals surface area contributed by atoms with E-state index in [1.807, 2.05) is 5.32 Å². The number of nitrogens with zero attached hydrogens (tertiary/aromatic N) is 3. The summed E-state index contributed by atoms with van der Waals surface area (Å²) >= 11 is 0. The minimum Gasteiger partial charge on any atom is -0.444 e. The van der Waals surface area contributed by atoms with E-state index in [1.165, 1.54) is 20.8 Å². The van der Waals surface area contributed by atoms with Crippen molar-refractivity contribution in [1.29, 1.82) is 0 Å². The van der Waals surface area contributed by atoms with Crippen molar-refractivity contribution in [3.8, 4) is 0 Å². The summed E-state index contributed by atoms with van der Waals surface area (Å²) in [6.07, 6.45) is -6.66. The Morgan fingerprint density at radius 3 is 2.50 bits per heavy atom. The summed E-state index contributed by atoms with van der Waals surface area (Å²) in [5.41, 5.74) is -5.27. The van der Waals surface area contributed by atoms with Crippen molar-refractivity contribution in [2.45, 2.75) is 50.7 Å². The van der Waals surface area contributed by atoms with Crippen molar-refractivity contribution in [2.24, 2.45) is 0 Å². The average Bonchev–Trinajstić information content (AvgIpc) is 2.98. The number of aromatic nitrogens is 1. The van der Waals surface area contributed by atoms with Crippen molar-refractivity contribution < 1.29 is 36.3 Å². The standard InChI is InChI=1S/C18H19F5N4O3/c1-16(2,3)30-15(29)27-9-17(20,8-19)7-11(27)14(28)26-13-10(24-4)5-6-12(25-13)18(21,22)23/h5-6,11H,7-9H2,1-3H3,(H,25,26,28)/t11?,17-/m0/s1. The van der Waals surface area contributed by atoms with Gasteiger partial charge in [-0.3, -0.25) is 9.69 Å². The van der Waals surface area contributed by atoms with Gasteiger partial charge in [0.1, 0.15) is 29.8 Å². The molecule has 0 spiro atoms. The van der Waals surface area contributed by atoms with Crippen molar-refractivity contribution >= 4 is 23.5 Å². The molecule has 2 rings (SSSR count). The molecule has 0 radical (unpaired) electrons. The highest BCUT2D eigenvalue weighted by Gasteiger charge is 2.51. The number of carbonyl (C=O) groups is 2. The molecule has 1 unspecified atom stereocenters. The van der Waals surface area contributed by atoms with Gasteiger partial charge in [0, 0.05) is 6.42 Å². The van der Waals surface area contributed by atoms with Crippen LogP contribution in [0.5, 0.6) is 0 Å². The average molecular weight is 434 g/mol. The molecule has 1 saturated heterocycles. The van der Waals surface area contributed by atoms with Crippen molar-refractivity contribution in [3.05, 3.63) is 29.2 Å². The van der Waals surface area contributed by atoms with E-state index in [0.717, 1.165) is 6.07 Å². The Hall–Kier alpha value is -2.97. The molecule has 30 heavy (non-hydrogen) atoms. The fourth-order valence-corrected chi connectivity index (χ4v) is 2.77. The van der Waals surface area contributed by atoms with E-state index in [2.05, 4.69) is 9.83 Å². The Morgan fingerprint density at radius 1 is 1.37 bits per heavy atom. The lowest BCUT2D eigenvalue weighted by molar-refractivity contribution is -0.141. The predicted molar refractivity (Wildman–Crippen MR) is 95.3 cm³/mol. The van der Waals surface area contributed by atoms with Gasteiger partial charge in [-0.1, -0.05) is 6.07 Å². The minimum absolute atomic E-state index is 0.393. The van der Waals surface area contributed by atoms with Crippen LogP contribution in [-0.2, 0) is 15.7 Å². The summed E-state index contributed by atoms with van der Waals surface area (Å²) in [7, 11) is 0. The highest BCUT2D eigenvalue weighted by Crippen LogP contribution is 2.35. The van der Waals surface area contributed by atoms with Crippen LogP contribution in [-0.4, -0.2) is 52.4 Å². The first kappa shape index (κ1) is 23.3. The van der Waals surface area contributed by atoms with Crippen LogP contribution in [0, 0.1) is 6.57 Å². The lowest BCUT2D eigenvalue weighted by Crippen LogP contribution is -2.45. The number of halogens is 5. The van der Waals surface area contributed by atoms with Gasteiger partial charge in [0.2, 0.25) is 11.6 Å². The number of hydrogen-bond donors (Lipinski definition) is 1. The van der Waals surface area contributed by atoms with Crippen LogP contribution in [0.1, 0.15) is 32.9 Å². The summed E-state index contributed by atoms with van der Waals surface area (Å²) in [6, 6.07) is -0.184. The van der Waals surface area contributed by atoms with E-state index in [1.54, 1.807) is 0 Å². The fourth-order valence-electron chi connectivity index (χ4n) is 2.77. The number of carbonyl (C=O) groups excluding carboxylic acids is 2. The summed E-state index contributed by atoms with van der Waals surface area (Å²) < 4.78 is 71.6. The van der Waals surface area contributed by atoms with E-state index in [-0.39, 0.29) is 0 Å². The van der Waals surface area contributed by atoms with E-state index in [4.69, 9.17) is 11.3 Å². The molecule has 2 heterocycles. The topological polar surface area (TPSA) is 75.9 Å². The normalized spacial score (nSPS) is 21.8. The van der Waals surface area contributed by atoms with Crippen molar-refractivity contribution in [1.82, 2.24) is 9.88 Å². The largest absolute Gasteiger partial charge is 0.444 e. The number of amides is 2. The molecule has 0 saturated carbocycles. The Kier molecular flexibility index (Phi) is 6.25. The van der Waals surface area contributed by atoms with E-state index in [9.17, 15) is 31.5 Å². The Labute approximate surface area is 169 Å². The third kappa shape index (κ3) is 5.34. The first-order valence-electron chi connectivity index (χ1n) is 8.70. The zero-order valence-corrected chi connectivity index (χ0v) is 16.3. The monoisotopic (exact) mass is 434 g/mol. The Bertz CT molecular complexity index is 878. The third-order valence-corrected chi connectivity index (χ3v) is 4.09. The van der Waals surface area contributed by atoms with Crippen molar-refractivity contribution in [2.75, 3.05) is 18.5 Å². The number of alkyl halides is 5. The molecular formula is C18H19F5N4O3. The molecule has 2 amide bonds. The molecule has 12 heteroatoms. The minimum atomic E-state index is -4.84. The van der Waals surface area contributed by atoms with Gasteiger partial charge >= 0.3 is 12.3 Å². The number of nitrogens with one attached hydrogen (secondary N) is 1. The molecule has 164 valence electrons. The third-order valence-electron chi connectivity index (χ3n) is 4.09. The first-order chi connectivity index (χ1) is 13.7. The molecule has 1 aliphatic heterocycles. The zero-order valence-electron chi connectivity index (χ0n) is 16.3. The van der Waals surface area contributed by atoms with Gasteiger partial charge in [-0.25, -0.2) is 23.4 Å². The fraction of sp³-hybridized carbons (Fsp3) is 0.556. The number of pyridine rings is 1. The second-order valence-corrected chi connectivity index (χ2v) is 7.78. The molecule has 1 fully saturated rings. The Morgan fingerprint density at radius 2 is 2.00 bits per heavy atom. The van der Waals surface area contributed by atoms with Crippen LogP contribution >= 0.6 is 0 Å². The van der Waals surface area contributed by atoms with Crippen LogP contribution in [0.2, 0.25) is 0 Å². The maximum absolute atomic E-state index is 14.6. The molecule has 7 nitrogen and oxygen atoms in total. The summed E-state index contributed by atoms with van der Waals surface area (Å²) in [5.74, 6) is -1.82. The van der Waals surface area contributed by atoms with E-state index >= 15 is 0 Å². The van der Waals surface area contributed by atoms with Gasteiger partial charge in [0.05, 0.1) is 13.1 Å². The highest BCUT2D eigenvalue weighted by molar-refractivity contribution is 5.98. The highest BCUT2D eigenvalue weighted by atomic mass is 19.4. The first-order valence-corrected chi connectivity index (χ1v) is 8.70. The molecule has 0 aliphatic carbocycles. The van der Waals surface area contributed by atoms with Crippen molar-refractivity contribution in [3.63, 3.8) is 0 Å². The smallest absolute Gasteiger partial charge is 0.433 e. The molecule has 1 aliphatic rings. The lowest BCUT2D eigenvalue weighted by atomic mass is 10.0. The van der Waals surface area contributed by atoms with Gasteiger partial charge in [-0.15, -0.1) is 0 Å². The summed E-state index contributed by atoms with van der Waals surface area (Å²) in [5, 5.41) is 2.02. The maximum Gasteiger partial charge on any atom is 0.433 e. The van der Waals surface area contributed by atoms with Gasteiger partial charge in [0.25, 0.3) is 0 Å². The maximum atomic E-state index is 14.6. The lowest BCUT2D eigenvalue weighted by Gasteiger charge is -2.28. The predicted octanol–water partition coefficient (Wildman–Crippen LogP) is 4.28. The molecule has 2 atom stereocenters. The molecule has 1 N–H and O–H groups in total. The van der Waals surface area contributed by atoms with E-state index in [0.29, 0.717) is 11.0 Å². The van der Waals surface area contributed by atoms with Crippen LogP contribution in [0.15, 0.2) is 12.1 Å². The summed E-state index contributed by atoms with van der Waals surface area (Å²) in [4.78, 5) is 31.9. The van der Waals surface area contributed by atoms with Crippen LogP contribution in [0.3, 0.4) is 0 Å².